The molecule has 92 valence electrons. The fourth-order valence-electron chi connectivity index (χ4n) is 1.25. The number of aromatic carboxylic acids is 1. The van der Waals surface area contributed by atoms with Crippen LogP contribution in [0, 0.1) is 0 Å². The molecule has 0 aliphatic rings. The number of benzene rings is 1. The van der Waals surface area contributed by atoms with Crippen molar-refractivity contribution in [2.24, 2.45) is 0 Å². The first-order valence-corrected chi connectivity index (χ1v) is 5.46. The summed E-state index contributed by atoms with van der Waals surface area (Å²) < 4.78 is 7.42. The zero-order valence-corrected chi connectivity index (χ0v) is 9.64. The lowest BCUT2D eigenvalue weighted by Gasteiger charge is -2.05. The van der Waals surface area contributed by atoms with Crippen molar-refractivity contribution in [2.45, 2.75) is 0 Å². The highest BCUT2D eigenvalue weighted by molar-refractivity contribution is 6.99. The van der Waals surface area contributed by atoms with Gasteiger partial charge in [0, 0.05) is 11.8 Å². The van der Waals surface area contributed by atoms with E-state index in [0.29, 0.717) is 0 Å². The Balaban J connectivity index is 2.18. The number of phenols is 1. The summed E-state index contributed by atoms with van der Waals surface area (Å²) >= 11 is 0.900. The van der Waals surface area contributed by atoms with Crippen LogP contribution >= 0.6 is 11.7 Å². The quantitative estimate of drug-likeness (QED) is 0.768. The molecule has 2 aromatic rings. The molecule has 0 fully saturated rings. The molecule has 7 nitrogen and oxygen atoms in total. The van der Waals surface area contributed by atoms with Gasteiger partial charge < -0.3 is 15.5 Å². The molecule has 0 unspecified atom stereocenters. The van der Waals surface area contributed by atoms with Gasteiger partial charge in [-0.25, -0.2) is 4.79 Å². The molecular formula is C10H7N3O4S. The van der Waals surface area contributed by atoms with Gasteiger partial charge >= 0.3 is 5.97 Å². The predicted octanol–water partition coefficient (Wildman–Crippen LogP) is 1.19. The van der Waals surface area contributed by atoms with Gasteiger partial charge in [-0.3, -0.25) is 4.79 Å². The number of carboxylic acids is 1. The zero-order valence-electron chi connectivity index (χ0n) is 8.82. The van der Waals surface area contributed by atoms with Gasteiger partial charge in [0.05, 0.1) is 17.9 Å². The molecule has 18 heavy (non-hydrogen) atoms. The minimum Gasteiger partial charge on any atom is -0.507 e. The number of amides is 1. The molecular weight excluding hydrogens is 258 g/mol. The average molecular weight is 265 g/mol. The molecule has 1 aromatic carbocycles. The van der Waals surface area contributed by atoms with Crippen molar-refractivity contribution in [1.29, 1.82) is 0 Å². The average Bonchev–Trinajstić information content (AvgIpc) is 2.81. The lowest BCUT2D eigenvalue weighted by molar-refractivity contribution is 0.0693. The number of nitrogens with one attached hydrogen (secondary N) is 1. The Morgan fingerprint density at radius 1 is 1.33 bits per heavy atom. The van der Waals surface area contributed by atoms with Gasteiger partial charge in [-0.1, -0.05) is 0 Å². The Morgan fingerprint density at radius 3 is 2.67 bits per heavy atom. The van der Waals surface area contributed by atoms with Crippen molar-refractivity contribution in [2.75, 3.05) is 5.32 Å². The van der Waals surface area contributed by atoms with Crippen LogP contribution in [0.5, 0.6) is 5.75 Å². The first kappa shape index (κ1) is 12.0. The van der Waals surface area contributed by atoms with Crippen molar-refractivity contribution < 1.29 is 19.8 Å². The van der Waals surface area contributed by atoms with Crippen LogP contribution in [0.15, 0.2) is 24.4 Å². The van der Waals surface area contributed by atoms with Crippen LogP contribution in [-0.2, 0) is 0 Å². The summed E-state index contributed by atoms with van der Waals surface area (Å²) in [5.74, 6) is -2.14. The molecule has 1 heterocycles. The van der Waals surface area contributed by atoms with E-state index in [9.17, 15) is 14.7 Å². The highest BCUT2D eigenvalue weighted by Crippen LogP contribution is 2.22. The molecule has 0 saturated heterocycles. The molecule has 1 aromatic heterocycles. The van der Waals surface area contributed by atoms with Crippen LogP contribution in [0.2, 0.25) is 0 Å². The van der Waals surface area contributed by atoms with Gasteiger partial charge in [0.2, 0.25) is 0 Å². The van der Waals surface area contributed by atoms with Crippen LogP contribution in [0.1, 0.15) is 20.8 Å². The molecule has 0 bridgehead atoms. The predicted molar refractivity (Wildman–Crippen MR) is 62.9 cm³/mol. The first-order chi connectivity index (χ1) is 8.58. The highest BCUT2D eigenvalue weighted by Gasteiger charge is 2.12. The number of rotatable bonds is 3. The largest absolute Gasteiger partial charge is 0.507 e. The normalized spacial score (nSPS) is 10.0. The van der Waals surface area contributed by atoms with E-state index in [0.717, 1.165) is 17.8 Å². The number of hydrogen-bond donors (Lipinski definition) is 3. The number of anilines is 1. The lowest BCUT2D eigenvalue weighted by atomic mass is 10.2. The molecule has 0 aliphatic carbocycles. The van der Waals surface area contributed by atoms with E-state index >= 15 is 0 Å². The van der Waals surface area contributed by atoms with Crippen LogP contribution in [0.4, 0.5) is 5.69 Å². The third-order valence-corrected chi connectivity index (χ3v) is 2.56. The van der Waals surface area contributed by atoms with E-state index in [1.807, 2.05) is 0 Å². The summed E-state index contributed by atoms with van der Waals surface area (Å²) in [5.41, 5.74) is 0.195. The maximum atomic E-state index is 11.6. The summed E-state index contributed by atoms with van der Waals surface area (Å²) in [4.78, 5) is 22.3. The number of carbonyl (C=O) groups excluding carboxylic acids is 1. The fourth-order valence-corrected chi connectivity index (χ4v) is 1.66. The van der Waals surface area contributed by atoms with Gasteiger partial charge in [-0.15, -0.1) is 0 Å². The van der Waals surface area contributed by atoms with Gasteiger partial charge in [-0.05, 0) is 12.1 Å². The molecule has 0 aliphatic heterocycles. The van der Waals surface area contributed by atoms with Crippen LogP contribution in [0.3, 0.4) is 0 Å². The Kier molecular flexibility index (Phi) is 3.20. The van der Waals surface area contributed by atoms with Crippen molar-refractivity contribution in [3.05, 3.63) is 35.7 Å². The summed E-state index contributed by atoms with van der Waals surface area (Å²) in [5, 5.41) is 20.6. The van der Waals surface area contributed by atoms with Crippen molar-refractivity contribution >= 4 is 29.3 Å². The Bertz CT molecular complexity index is 597. The summed E-state index contributed by atoms with van der Waals surface area (Å²) in [6, 6.07) is 3.73. The maximum absolute atomic E-state index is 11.6. The SMILES string of the molecule is O=C(Nc1ccc(C(=O)O)c(O)c1)c1cnsn1. The first-order valence-electron chi connectivity index (χ1n) is 4.73. The molecule has 0 saturated carbocycles. The van der Waals surface area contributed by atoms with E-state index < -0.39 is 17.6 Å². The van der Waals surface area contributed by atoms with E-state index in [1.54, 1.807) is 0 Å². The van der Waals surface area contributed by atoms with E-state index in [2.05, 4.69) is 14.1 Å². The van der Waals surface area contributed by atoms with E-state index in [1.165, 1.54) is 18.3 Å². The highest BCUT2D eigenvalue weighted by atomic mass is 32.1. The van der Waals surface area contributed by atoms with Gasteiger partial charge in [-0.2, -0.15) is 8.75 Å². The number of hydrogen-bond acceptors (Lipinski definition) is 6. The lowest BCUT2D eigenvalue weighted by Crippen LogP contribution is -2.12. The van der Waals surface area contributed by atoms with Crippen molar-refractivity contribution in [3.8, 4) is 5.75 Å². The number of carboxylic acid groups (broad SMARTS) is 1. The van der Waals surface area contributed by atoms with Gasteiger partial charge in [0.25, 0.3) is 5.91 Å². The molecule has 8 heteroatoms. The summed E-state index contributed by atoms with van der Waals surface area (Å²) in [6.45, 7) is 0. The maximum Gasteiger partial charge on any atom is 0.339 e. The third kappa shape index (κ3) is 2.43. The summed E-state index contributed by atoms with van der Waals surface area (Å²) in [6.07, 6.45) is 1.31. The second kappa shape index (κ2) is 4.80. The molecule has 0 radical (unpaired) electrons. The minimum absolute atomic E-state index is 0.154. The molecule has 1 amide bonds. The van der Waals surface area contributed by atoms with E-state index in [4.69, 9.17) is 5.11 Å². The number of aromatic hydroxyl groups is 1. The molecule has 0 atom stereocenters. The third-order valence-electron chi connectivity index (χ3n) is 2.08. The van der Waals surface area contributed by atoms with Crippen LogP contribution in [0.25, 0.3) is 0 Å². The zero-order chi connectivity index (χ0) is 13.1. The Labute approximate surface area is 105 Å². The van der Waals surface area contributed by atoms with Crippen molar-refractivity contribution in [1.82, 2.24) is 8.75 Å². The topological polar surface area (TPSA) is 112 Å². The second-order valence-electron chi connectivity index (χ2n) is 3.28. The van der Waals surface area contributed by atoms with Crippen LogP contribution < -0.4 is 5.32 Å². The van der Waals surface area contributed by atoms with Gasteiger partial charge in [0.15, 0.2) is 5.69 Å². The monoisotopic (exact) mass is 265 g/mol. The van der Waals surface area contributed by atoms with Crippen molar-refractivity contribution in [3.63, 3.8) is 0 Å². The minimum atomic E-state index is -1.24. The van der Waals surface area contributed by atoms with Crippen LogP contribution in [-0.4, -0.2) is 30.8 Å². The fraction of sp³-hybridized carbons (Fsp3) is 0. The number of nitrogens with zero attached hydrogens (tertiary/aromatic N) is 2. The Hall–Kier alpha value is -2.48. The number of carbonyl (C=O) groups is 2. The molecule has 2 rings (SSSR count). The Morgan fingerprint density at radius 2 is 2.11 bits per heavy atom. The molecule has 0 spiro atoms. The standard InChI is InChI=1S/C10H7N3O4S/c14-8-3-5(1-2-6(8)10(16)17)12-9(15)7-4-11-18-13-7/h1-4,14H,(H,12,15)(H,16,17). The molecule has 3 N–H and O–H groups in total. The summed E-state index contributed by atoms with van der Waals surface area (Å²) in [7, 11) is 0. The second-order valence-corrected chi connectivity index (χ2v) is 3.84. The van der Waals surface area contributed by atoms with E-state index in [-0.39, 0.29) is 16.9 Å². The van der Waals surface area contributed by atoms with Gasteiger partial charge in [0.1, 0.15) is 11.3 Å². The smallest absolute Gasteiger partial charge is 0.339 e. The number of aromatic nitrogens is 2.